The Morgan fingerprint density at radius 2 is 1.96 bits per heavy atom. The van der Waals surface area contributed by atoms with E-state index in [1.54, 1.807) is 0 Å². The molecule has 0 bridgehead atoms. The molecule has 0 saturated heterocycles. The minimum absolute atomic E-state index is 0.0751. The topological polar surface area (TPSA) is 67.2 Å². The second kappa shape index (κ2) is 8.31. The summed E-state index contributed by atoms with van der Waals surface area (Å²) in [6, 6.07) is 11.7. The number of amides is 1. The Morgan fingerprint density at radius 3 is 2.70 bits per heavy atom. The average Bonchev–Trinajstić information content (AvgIpc) is 3.05. The molecule has 0 fully saturated rings. The minimum atomic E-state index is -0.0751. The molecule has 0 unspecified atom stereocenters. The van der Waals surface area contributed by atoms with Crippen LogP contribution in [-0.2, 0) is 4.79 Å². The van der Waals surface area contributed by atoms with Crippen LogP contribution in [0.25, 0.3) is 22.6 Å². The summed E-state index contributed by atoms with van der Waals surface area (Å²) in [5, 5.41) is 6.00. The van der Waals surface area contributed by atoms with Crippen molar-refractivity contribution in [3.8, 4) is 11.5 Å². The van der Waals surface area contributed by atoms with Crippen molar-refractivity contribution in [1.82, 2.24) is 10.3 Å². The summed E-state index contributed by atoms with van der Waals surface area (Å²) in [5.41, 5.74) is 5.56. The van der Waals surface area contributed by atoms with Gasteiger partial charge >= 0.3 is 0 Å². The van der Waals surface area contributed by atoms with E-state index in [0.29, 0.717) is 17.9 Å². The van der Waals surface area contributed by atoms with Crippen LogP contribution in [0.3, 0.4) is 0 Å². The molecule has 1 amide bonds. The molecule has 1 aromatic heterocycles. The molecule has 3 aromatic rings. The summed E-state index contributed by atoms with van der Waals surface area (Å²) in [4.78, 5) is 16.3. The van der Waals surface area contributed by atoms with Gasteiger partial charge in [-0.15, -0.1) is 0 Å². The summed E-state index contributed by atoms with van der Waals surface area (Å²) in [6.07, 6.45) is 2.29. The van der Waals surface area contributed by atoms with E-state index in [9.17, 15) is 4.79 Å². The first-order chi connectivity index (χ1) is 13.0. The first-order valence-corrected chi connectivity index (χ1v) is 9.46. The zero-order chi connectivity index (χ0) is 19.4. The smallest absolute Gasteiger partial charge is 0.227 e. The predicted molar refractivity (Wildman–Crippen MR) is 113 cm³/mol. The second-order valence-corrected chi connectivity index (χ2v) is 7.01. The lowest BCUT2D eigenvalue weighted by molar-refractivity contribution is -0.119. The van der Waals surface area contributed by atoms with Crippen molar-refractivity contribution >= 4 is 40.0 Å². The van der Waals surface area contributed by atoms with Crippen molar-refractivity contribution in [2.45, 2.75) is 40.0 Å². The summed E-state index contributed by atoms with van der Waals surface area (Å²) in [6.45, 7) is 6.19. The zero-order valence-electron chi connectivity index (χ0n) is 15.8. The first-order valence-electron chi connectivity index (χ1n) is 9.05. The van der Waals surface area contributed by atoms with Gasteiger partial charge in [-0.25, -0.2) is 4.98 Å². The van der Waals surface area contributed by atoms with E-state index < -0.39 is 0 Å². The van der Waals surface area contributed by atoms with Gasteiger partial charge in [0.25, 0.3) is 0 Å². The molecule has 3 rings (SSSR count). The molecule has 0 aliphatic rings. The van der Waals surface area contributed by atoms with Crippen LogP contribution >= 0.6 is 12.2 Å². The van der Waals surface area contributed by atoms with Gasteiger partial charge in [0, 0.05) is 17.7 Å². The highest BCUT2D eigenvalue weighted by Crippen LogP contribution is 2.27. The van der Waals surface area contributed by atoms with Crippen LogP contribution in [0.1, 0.15) is 37.3 Å². The number of nitrogens with zero attached hydrogens (tertiary/aromatic N) is 1. The number of oxazole rings is 1. The van der Waals surface area contributed by atoms with E-state index in [1.165, 1.54) is 11.1 Å². The van der Waals surface area contributed by atoms with Gasteiger partial charge in [0.15, 0.2) is 10.7 Å². The molecule has 2 aromatic carbocycles. The summed E-state index contributed by atoms with van der Waals surface area (Å²) < 4.78 is 5.88. The SMILES string of the molecule is CCCCC(=O)NC(=S)Nc1ccc2oc(-c3ccc(C)c(C)c3)nc2c1. The Hall–Kier alpha value is -2.73. The Balaban J connectivity index is 1.74. The molecule has 0 spiro atoms. The number of carbonyl (C=O) groups excluding carboxylic acids is 1. The van der Waals surface area contributed by atoms with Gasteiger partial charge in [0.1, 0.15) is 5.52 Å². The molecular formula is C21H23N3O2S. The number of aryl methyl sites for hydroxylation is 2. The van der Waals surface area contributed by atoms with E-state index in [2.05, 4.69) is 41.6 Å². The first kappa shape index (κ1) is 19.0. The van der Waals surface area contributed by atoms with E-state index in [1.807, 2.05) is 31.2 Å². The van der Waals surface area contributed by atoms with Gasteiger partial charge in [0.2, 0.25) is 11.8 Å². The maximum absolute atomic E-state index is 11.8. The third kappa shape index (κ3) is 4.71. The van der Waals surface area contributed by atoms with E-state index in [-0.39, 0.29) is 11.0 Å². The molecule has 0 aliphatic carbocycles. The fourth-order valence-electron chi connectivity index (χ4n) is 2.69. The van der Waals surface area contributed by atoms with Gasteiger partial charge in [-0.3, -0.25) is 4.79 Å². The quantitative estimate of drug-likeness (QED) is 0.601. The maximum Gasteiger partial charge on any atom is 0.227 e. The van der Waals surface area contributed by atoms with E-state index in [4.69, 9.17) is 16.6 Å². The van der Waals surface area contributed by atoms with Crippen LogP contribution in [0.15, 0.2) is 40.8 Å². The predicted octanol–water partition coefficient (Wildman–Crippen LogP) is 5.11. The Bertz CT molecular complexity index is 994. The number of carbonyl (C=O) groups is 1. The number of hydrogen-bond donors (Lipinski definition) is 2. The number of nitrogens with one attached hydrogen (secondary N) is 2. The Kier molecular flexibility index (Phi) is 5.86. The number of unbranched alkanes of at least 4 members (excludes halogenated alkanes) is 1. The lowest BCUT2D eigenvalue weighted by Crippen LogP contribution is -2.33. The number of thiocarbonyl (C=S) groups is 1. The van der Waals surface area contributed by atoms with E-state index in [0.717, 1.165) is 29.6 Å². The standard InChI is InChI=1S/C21H23N3O2S/c1-4-5-6-19(25)24-21(27)22-16-9-10-18-17(12-16)23-20(26-18)15-8-7-13(2)14(3)11-15/h7-12H,4-6H2,1-3H3,(H2,22,24,25,27). The summed E-state index contributed by atoms with van der Waals surface area (Å²) >= 11 is 5.21. The van der Waals surface area contributed by atoms with Crippen LogP contribution in [0.5, 0.6) is 0 Å². The molecule has 140 valence electrons. The molecule has 6 heteroatoms. The molecule has 0 saturated carbocycles. The van der Waals surface area contributed by atoms with Crippen LogP contribution in [0.4, 0.5) is 5.69 Å². The third-order valence-electron chi connectivity index (χ3n) is 4.41. The molecule has 0 atom stereocenters. The van der Waals surface area contributed by atoms with Crippen LogP contribution < -0.4 is 10.6 Å². The number of hydrogen-bond acceptors (Lipinski definition) is 4. The van der Waals surface area contributed by atoms with Crippen LogP contribution in [0, 0.1) is 13.8 Å². The highest BCUT2D eigenvalue weighted by atomic mass is 32.1. The highest BCUT2D eigenvalue weighted by Gasteiger charge is 2.11. The second-order valence-electron chi connectivity index (χ2n) is 6.61. The molecule has 5 nitrogen and oxygen atoms in total. The summed E-state index contributed by atoms with van der Waals surface area (Å²) in [5.74, 6) is 0.509. The number of rotatable bonds is 5. The maximum atomic E-state index is 11.8. The van der Waals surface area contributed by atoms with Crippen molar-refractivity contribution in [2.75, 3.05) is 5.32 Å². The molecule has 0 radical (unpaired) electrons. The van der Waals surface area contributed by atoms with Crippen molar-refractivity contribution < 1.29 is 9.21 Å². The lowest BCUT2D eigenvalue weighted by atomic mass is 10.1. The minimum Gasteiger partial charge on any atom is -0.436 e. The normalized spacial score (nSPS) is 10.8. The van der Waals surface area contributed by atoms with Crippen LogP contribution in [0.2, 0.25) is 0 Å². The average molecular weight is 382 g/mol. The third-order valence-corrected chi connectivity index (χ3v) is 4.61. The zero-order valence-corrected chi connectivity index (χ0v) is 16.6. The van der Waals surface area contributed by atoms with Gasteiger partial charge in [-0.1, -0.05) is 19.4 Å². The largest absolute Gasteiger partial charge is 0.436 e. The number of benzene rings is 2. The lowest BCUT2D eigenvalue weighted by Gasteiger charge is -2.09. The van der Waals surface area contributed by atoms with Crippen molar-refractivity contribution in [2.24, 2.45) is 0 Å². The van der Waals surface area contributed by atoms with Crippen molar-refractivity contribution in [3.63, 3.8) is 0 Å². The molecule has 0 aliphatic heterocycles. The molecule has 1 heterocycles. The summed E-state index contributed by atoms with van der Waals surface area (Å²) in [7, 11) is 0. The number of fused-ring (bicyclic) bond motifs is 1. The van der Waals surface area contributed by atoms with Crippen molar-refractivity contribution in [3.05, 3.63) is 47.5 Å². The fourth-order valence-corrected chi connectivity index (χ4v) is 2.92. The van der Waals surface area contributed by atoms with Gasteiger partial charge in [0.05, 0.1) is 0 Å². The molecule has 2 N–H and O–H groups in total. The molecule has 27 heavy (non-hydrogen) atoms. The number of anilines is 1. The Morgan fingerprint density at radius 1 is 1.15 bits per heavy atom. The van der Waals surface area contributed by atoms with Crippen LogP contribution in [-0.4, -0.2) is 16.0 Å². The number of aromatic nitrogens is 1. The van der Waals surface area contributed by atoms with E-state index >= 15 is 0 Å². The molecular weight excluding hydrogens is 358 g/mol. The van der Waals surface area contributed by atoms with Crippen molar-refractivity contribution in [1.29, 1.82) is 0 Å². The Labute approximate surface area is 164 Å². The highest BCUT2D eigenvalue weighted by molar-refractivity contribution is 7.80. The van der Waals surface area contributed by atoms with Gasteiger partial charge < -0.3 is 15.1 Å². The monoisotopic (exact) mass is 381 g/mol. The fraction of sp³-hybridized carbons (Fsp3) is 0.286. The van der Waals surface area contributed by atoms with Gasteiger partial charge in [-0.05, 0) is 73.9 Å². The van der Waals surface area contributed by atoms with Gasteiger partial charge in [-0.2, -0.15) is 0 Å².